The number of methoxy groups -OCH3 is 1. The largest absolute Gasteiger partial charge is 0.494 e. The zero-order valence-corrected chi connectivity index (χ0v) is 16.5. The highest BCUT2D eigenvalue weighted by atomic mass is 19.1. The van der Waals surface area contributed by atoms with Crippen LogP contribution >= 0.6 is 0 Å². The number of nitrogens with one attached hydrogen (secondary N) is 1. The van der Waals surface area contributed by atoms with Gasteiger partial charge in [0.1, 0.15) is 0 Å². The third-order valence-corrected chi connectivity index (χ3v) is 4.87. The molecule has 29 heavy (non-hydrogen) atoms. The van der Waals surface area contributed by atoms with Crippen LogP contribution in [0.5, 0.6) is 5.75 Å². The third-order valence-electron chi connectivity index (χ3n) is 4.87. The Bertz CT molecular complexity index is 865. The molecule has 1 N–H and O–H groups in total. The van der Waals surface area contributed by atoms with Crippen LogP contribution < -0.4 is 15.0 Å². The molecule has 0 radical (unpaired) electrons. The highest BCUT2D eigenvalue weighted by Crippen LogP contribution is 2.30. The van der Waals surface area contributed by atoms with Crippen LogP contribution in [0.25, 0.3) is 11.1 Å². The van der Waals surface area contributed by atoms with Crippen LogP contribution in [0.4, 0.5) is 14.9 Å². The second-order valence-electron chi connectivity index (χ2n) is 6.57. The predicted molar refractivity (Wildman–Crippen MR) is 108 cm³/mol. The van der Waals surface area contributed by atoms with Crippen LogP contribution in [0, 0.1) is 5.82 Å². The Hall–Kier alpha value is -3.29. The average molecular weight is 401 g/mol. The lowest BCUT2D eigenvalue weighted by molar-refractivity contribution is -0.123. The Kier molecular flexibility index (Phi) is 6.54. The van der Waals surface area contributed by atoms with Crippen molar-refractivity contribution in [2.24, 2.45) is 0 Å². The van der Waals surface area contributed by atoms with Gasteiger partial charge in [0.15, 0.2) is 18.2 Å². The van der Waals surface area contributed by atoms with Crippen LogP contribution in [-0.2, 0) is 9.53 Å². The number of piperazine rings is 1. The molecule has 1 heterocycles. The fourth-order valence-electron chi connectivity index (χ4n) is 3.18. The van der Waals surface area contributed by atoms with Crippen LogP contribution in [0.2, 0.25) is 0 Å². The number of ether oxygens (including phenoxy) is 2. The maximum Gasteiger partial charge on any atom is 0.410 e. The first kappa shape index (κ1) is 20.4. The molecule has 1 fully saturated rings. The van der Waals surface area contributed by atoms with Crippen LogP contribution in [0.1, 0.15) is 0 Å². The summed E-state index contributed by atoms with van der Waals surface area (Å²) in [6.45, 7) is 2.00. The molecule has 0 spiro atoms. The quantitative estimate of drug-likeness (QED) is 0.834. The van der Waals surface area contributed by atoms with E-state index in [-0.39, 0.29) is 24.1 Å². The number of carbonyl (C=O) groups is 2. The van der Waals surface area contributed by atoms with Crippen molar-refractivity contribution >= 4 is 17.7 Å². The molecule has 1 aliphatic rings. The van der Waals surface area contributed by atoms with E-state index in [0.717, 1.165) is 11.3 Å². The molecule has 0 aromatic heterocycles. The Morgan fingerprint density at radius 3 is 2.38 bits per heavy atom. The van der Waals surface area contributed by atoms with Crippen molar-refractivity contribution in [2.75, 3.05) is 51.8 Å². The summed E-state index contributed by atoms with van der Waals surface area (Å²) in [5.74, 6) is -0.512. The second-order valence-corrected chi connectivity index (χ2v) is 6.57. The number of nitrogens with zero attached hydrogens (tertiary/aromatic N) is 2. The van der Waals surface area contributed by atoms with Gasteiger partial charge >= 0.3 is 6.09 Å². The molecule has 154 valence electrons. The first-order chi connectivity index (χ1) is 14.0. The third kappa shape index (κ3) is 4.77. The molecule has 1 aliphatic heterocycles. The highest BCUT2D eigenvalue weighted by molar-refractivity contribution is 5.79. The molecule has 0 atom stereocenters. The lowest BCUT2D eigenvalue weighted by Crippen LogP contribution is -2.49. The molecule has 8 heteroatoms. The zero-order valence-electron chi connectivity index (χ0n) is 16.5. The van der Waals surface area contributed by atoms with Gasteiger partial charge in [-0.3, -0.25) is 4.79 Å². The van der Waals surface area contributed by atoms with E-state index in [4.69, 9.17) is 9.47 Å². The molecule has 3 rings (SSSR count). The van der Waals surface area contributed by atoms with Crippen molar-refractivity contribution in [3.05, 3.63) is 48.3 Å². The summed E-state index contributed by atoms with van der Waals surface area (Å²) in [5, 5.41) is 2.40. The summed E-state index contributed by atoms with van der Waals surface area (Å²) in [4.78, 5) is 26.9. The fraction of sp³-hybridized carbons (Fsp3) is 0.333. The number of rotatable bonds is 5. The molecular weight excluding hydrogens is 377 g/mol. The number of amides is 2. The summed E-state index contributed by atoms with van der Waals surface area (Å²) in [7, 11) is 2.93. The van der Waals surface area contributed by atoms with Crippen molar-refractivity contribution < 1.29 is 23.5 Å². The van der Waals surface area contributed by atoms with Gasteiger partial charge in [-0.25, -0.2) is 9.18 Å². The Morgan fingerprint density at radius 1 is 1.07 bits per heavy atom. The number of likely N-dealkylation sites (N-methyl/N-ethyl adjacent to an activating group) is 1. The van der Waals surface area contributed by atoms with Gasteiger partial charge < -0.3 is 24.6 Å². The SMILES string of the molecule is CNC(=O)COC(=O)N1CCN(c2ccc(-c3cccc(OC)c3F)cc2)CC1. The summed E-state index contributed by atoms with van der Waals surface area (Å²) in [6, 6.07) is 12.7. The van der Waals surface area contributed by atoms with Gasteiger partial charge in [0, 0.05) is 44.5 Å². The normalized spacial score (nSPS) is 13.8. The minimum absolute atomic E-state index is 0.214. The number of benzene rings is 2. The molecule has 0 bridgehead atoms. The van der Waals surface area contributed by atoms with E-state index in [0.29, 0.717) is 31.7 Å². The molecule has 0 aliphatic carbocycles. The second kappa shape index (κ2) is 9.27. The van der Waals surface area contributed by atoms with Crippen molar-refractivity contribution in [1.82, 2.24) is 10.2 Å². The molecule has 7 nitrogen and oxygen atoms in total. The minimum Gasteiger partial charge on any atom is -0.494 e. The van der Waals surface area contributed by atoms with E-state index in [9.17, 15) is 14.0 Å². The van der Waals surface area contributed by atoms with Crippen LogP contribution in [-0.4, -0.2) is 63.8 Å². The standard InChI is InChI=1S/C21H24FN3O4/c1-23-19(26)14-29-21(27)25-12-10-24(11-13-25)16-8-6-15(7-9-16)17-4-3-5-18(28-2)20(17)22/h3-9H,10-14H2,1-2H3,(H,23,26). The zero-order chi connectivity index (χ0) is 20.8. The first-order valence-corrected chi connectivity index (χ1v) is 9.33. The lowest BCUT2D eigenvalue weighted by atomic mass is 10.0. The predicted octanol–water partition coefficient (Wildman–Crippen LogP) is 2.51. The molecule has 2 aromatic rings. The van der Waals surface area contributed by atoms with E-state index in [1.165, 1.54) is 14.2 Å². The Labute approximate surface area is 169 Å². The van der Waals surface area contributed by atoms with E-state index in [2.05, 4.69) is 10.2 Å². The van der Waals surface area contributed by atoms with Gasteiger partial charge in [0.2, 0.25) is 0 Å². The van der Waals surface area contributed by atoms with Gasteiger partial charge in [0.05, 0.1) is 7.11 Å². The molecule has 2 aromatic carbocycles. The topological polar surface area (TPSA) is 71.1 Å². The molecule has 2 amide bonds. The van der Waals surface area contributed by atoms with Gasteiger partial charge in [-0.2, -0.15) is 0 Å². The molecular formula is C21H24FN3O4. The van der Waals surface area contributed by atoms with E-state index >= 15 is 0 Å². The number of anilines is 1. The maximum atomic E-state index is 14.5. The van der Waals surface area contributed by atoms with Gasteiger partial charge in [-0.15, -0.1) is 0 Å². The van der Waals surface area contributed by atoms with Gasteiger partial charge in [0.25, 0.3) is 5.91 Å². The highest BCUT2D eigenvalue weighted by Gasteiger charge is 2.23. The molecule has 0 unspecified atom stereocenters. The van der Waals surface area contributed by atoms with Crippen molar-refractivity contribution in [2.45, 2.75) is 0 Å². The summed E-state index contributed by atoms with van der Waals surface area (Å²) >= 11 is 0. The Morgan fingerprint density at radius 2 is 1.76 bits per heavy atom. The number of halogens is 1. The minimum atomic E-state index is -0.489. The summed E-state index contributed by atoms with van der Waals surface area (Å²) < 4.78 is 24.5. The lowest BCUT2D eigenvalue weighted by Gasteiger charge is -2.35. The van der Waals surface area contributed by atoms with Gasteiger partial charge in [-0.1, -0.05) is 24.3 Å². The van der Waals surface area contributed by atoms with E-state index < -0.39 is 6.09 Å². The van der Waals surface area contributed by atoms with E-state index in [1.54, 1.807) is 23.1 Å². The first-order valence-electron chi connectivity index (χ1n) is 9.33. The van der Waals surface area contributed by atoms with Crippen LogP contribution in [0.3, 0.4) is 0 Å². The smallest absolute Gasteiger partial charge is 0.410 e. The van der Waals surface area contributed by atoms with Crippen LogP contribution in [0.15, 0.2) is 42.5 Å². The number of hydrogen-bond donors (Lipinski definition) is 1. The molecule has 0 saturated carbocycles. The van der Waals surface area contributed by atoms with E-state index in [1.807, 2.05) is 24.3 Å². The fourth-order valence-corrected chi connectivity index (χ4v) is 3.18. The van der Waals surface area contributed by atoms with Gasteiger partial charge in [-0.05, 0) is 23.8 Å². The molecule has 1 saturated heterocycles. The summed E-state index contributed by atoms with van der Waals surface area (Å²) in [5.41, 5.74) is 2.25. The number of carbonyl (C=O) groups excluding carboxylic acids is 2. The average Bonchev–Trinajstić information content (AvgIpc) is 2.77. The number of hydrogen-bond acceptors (Lipinski definition) is 5. The van der Waals surface area contributed by atoms with Crippen molar-refractivity contribution in [3.8, 4) is 16.9 Å². The maximum absolute atomic E-state index is 14.5. The monoisotopic (exact) mass is 401 g/mol. The van der Waals surface area contributed by atoms with Crippen molar-refractivity contribution in [3.63, 3.8) is 0 Å². The summed E-state index contributed by atoms with van der Waals surface area (Å²) in [6.07, 6.45) is -0.489. The Balaban J connectivity index is 1.59. The van der Waals surface area contributed by atoms with Crippen molar-refractivity contribution in [1.29, 1.82) is 0 Å².